The van der Waals surface area contributed by atoms with Gasteiger partial charge in [-0.25, -0.2) is 9.99 Å². The Bertz CT molecular complexity index is 749. The number of hydrogen-bond acceptors (Lipinski definition) is 5. The van der Waals surface area contributed by atoms with Gasteiger partial charge in [0, 0.05) is 44.5 Å². The summed E-state index contributed by atoms with van der Waals surface area (Å²) in [5, 5.41) is 16.8. The summed E-state index contributed by atoms with van der Waals surface area (Å²) in [6, 6.07) is 6.06. The van der Waals surface area contributed by atoms with Crippen LogP contribution in [0.4, 0.5) is 5.69 Å². The van der Waals surface area contributed by atoms with Crippen molar-refractivity contribution in [3.8, 4) is 6.07 Å². The van der Waals surface area contributed by atoms with Crippen LogP contribution in [0.2, 0.25) is 0 Å². The van der Waals surface area contributed by atoms with Gasteiger partial charge in [-0.15, -0.1) is 0 Å². The summed E-state index contributed by atoms with van der Waals surface area (Å²) >= 11 is 0. The third kappa shape index (κ3) is 3.34. The van der Waals surface area contributed by atoms with Gasteiger partial charge < -0.3 is 15.3 Å². The summed E-state index contributed by atoms with van der Waals surface area (Å²) < 4.78 is 0. The molecule has 0 saturated carbocycles. The molecular formula is C17H22N6O. The predicted molar refractivity (Wildman–Crippen MR) is 92.0 cm³/mol. The highest BCUT2D eigenvalue weighted by molar-refractivity contribution is 5.89. The first-order valence-electron chi connectivity index (χ1n) is 8.26. The minimum atomic E-state index is -0.0385. The van der Waals surface area contributed by atoms with Crippen molar-refractivity contribution in [2.75, 3.05) is 31.7 Å². The molecule has 1 atom stereocenters. The summed E-state index contributed by atoms with van der Waals surface area (Å²) in [5.41, 5.74) is 1.94. The second-order valence-corrected chi connectivity index (χ2v) is 6.04. The van der Waals surface area contributed by atoms with E-state index in [1.807, 2.05) is 31.4 Å². The molecule has 0 bridgehead atoms. The number of anilines is 1. The Morgan fingerprint density at radius 1 is 1.58 bits per heavy atom. The maximum atomic E-state index is 12.3. The number of pyridine rings is 1. The third-order valence-electron chi connectivity index (χ3n) is 4.52. The first-order chi connectivity index (χ1) is 11.7. The molecular weight excluding hydrogens is 304 g/mol. The van der Waals surface area contributed by atoms with E-state index in [1.54, 1.807) is 6.20 Å². The molecule has 1 unspecified atom stereocenters. The summed E-state index contributed by atoms with van der Waals surface area (Å²) in [7, 11) is 2.03. The Morgan fingerprint density at radius 3 is 3.29 bits per heavy atom. The van der Waals surface area contributed by atoms with Gasteiger partial charge in [-0.1, -0.05) is 0 Å². The number of nitrogens with one attached hydrogen (secondary N) is 2. The van der Waals surface area contributed by atoms with Gasteiger partial charge in [-0.3, -0.25) is 4.79 Å². The van der Waals surface area contributed by atoms with Crippen molar-refractivity contribution in [1.82, 2.24) is 20.3 Å². The predicted octanol–water partition coefficient (Wildman–Crippen LogP) is 1.66. The summed E-state index contributed by atoms with van der Waals surface area (Å²) in [5.74, 6) is 0.00770. The maximum absolute atomic E-state index is 12.3. The van der Waals surface area contributed by atoms with Crippen LogP contribution in [0.25, 0.3) is 11.0 Å². The van der Waals surface area contributed by atoms with Crippen molar-refractivity contribution in [1.29, 1.82) is 5.26 Å². The van der Waals surface area contributed by atoms with E-state index in [0.717, 1.165) is 36.1 Å². The van der Waals surface area contributed by atoms with Crippen molar-refractivity contribution in [2.45, 2.75) is 19.3 Å². The highest BCUT2D eigenvalue weighted by Crippen LogP contribution is 2.27. The molecule has 1 amide bonds. The van der Waals surface area contributed by atoms with Gasteiger partial charge >= 0.3 is 0 Å². The molecule has 7 nitrogen and oxygen atoms in total. The van der Waals surface area contributed by atoms with Crippen molar-refractivity contribution in [3.63, 3.8) is 0 Å². The molecule has 1 saturated heterocycles. The average Bonchev–Trinajstić information content (AvgIpc) is 3.10. The minimum absolute atomic E-state index is 0.0385. The molecule has 24 heavy (non-hydrogen) atoms. The molecule has 2 aromatic heterocycles. The maximum Gasteiger partial charge on any atom is 0.224 e. The van der Waals surface area contributed by atoms with Gasteiger partial charge in [0.05, 0.1) is 24.1 Å². The Kier molecular flexibility index (Phi) is 4.96. The Balaban J connectivity index is 1.69. The zero-order valence-corrected chi connectivity index (χ0v) is 13.8. The molecule has 1 fully saturated rings. The highest BCUT2D eigenvalue weighted by Gasteiger charge is 2.28. The van der Waals surface area contributed by atoms with Crippen LogP contribution in [0.5, 0.6) is 0 Å². The molecule has 1 aliphatic rings. The zero-order valence-electron chi connectivity index (χ0n) is 13.8. The number of hydrazine groups is 1. The monoisotopic (exact) mass is 326 g/mol. The number of piperidine rings is 1. The summed E-state index contributed by atoms with van der Waals surface area (Å²) in [6.45, 7) is 2.03. The first kappa shape index (κ1) is 16.3. The Hall–Kier alpha value is -2.59. The Labute approximate surface area is 141 Å². The number of carbonyl (C=O) groups is 1. The quantitative estimate of drug-likeness (QED) is 0.816. The average molecular weight is 326 g/mol. The number of amides is 1. The van der Waals surface area contributed by atoms with Gasteiger partial charge in [0.1, 0.15) is 5.65 Å². The van der Waals surface area contributed by atoms with E-state index in [9.17, 15) is 4.79 Å². The smallest absolute Gasteiger partial charge is 0.224 e. The number of aromatic amines is 1. The van der Waals surface area contributed by atoms with E-state index in [2.05, 4.69) is 25.3 Å². The number of aromatic nitrogens is 2. The second kappa shape index (κ2) is 7.32. The van der Waals surface area contributed by atoms with Gasteiger partial charge in [0.2, 0.25) is 5.91 Å². The lowest BCUT2D eigenvalue weighted by Gasteiger charge is -2.39. The number of nitrogens with zero attached hydrogens (tertiary/aromatic N) is 4. The fourth-order valence-corrected chi connectivity index (χ4v) is 3.21. The number of H-pyrrole nitrogens is 1. The van der Waals surface area contributed by atoms with Crippen molar-refractivity contribution in [2.24, 2.45) is 5.92 Å². The molecule has 0 spiro atoms. The highest BCUT2D eigenvalue weighted by atomic mass is 16.1. The SMILES string of the molecule is CN(c1ccnc2[nH]ccc12)N1CCCC(C(=O)NCCC#N)C1. The molecule has 126 valence electrons. The number of nitriles is 1. The molecule has 3 heterocycles. The molecule has 0 aromatic carbocycles. The van der Waals surface area contributed by atoms with E-state index in [1.165, 1.54) is 0 Å². The number of fused-ring (bicyclic) bond motifs is 1. The molecule has 7 heteroatoms. The van der Waals surface area contributed by atoms with Crippen molar-refractivity contribution < 1.29 is 4.79 Å². The second-order valence-electron chi connectivity index (χ2n) is 6.04. The van der Waals surface area contributed by atoms with Crippen LogP contribution in [0.3, 0.4) is 0 Å². The first-order valence-corrected chi connectivity index (χ1v) is 8.26. The summed E-state index contributed by atoms with van der Waals surface area (Å²) in [4.78, 5) is 19.7. The molecule has 0 aliphatic carbocycles. The number of carbonyl (C=O) groups excluding carboxylic acids is 1. The van der Waals surface area contributed by atoms with Gasteiger partial charge in [0.15, 0.2) is 0 Å². The zero-order chi connectivity index (χ0) is 16.9. The minimum Gasteiger partial charge on any atom is -0.355 e. The molecule has 0 radical (unpaired) electrons. The van der Waals surface area contributed by atoms with Crippen LogP contribution in [0.1, 0.15) is 19.3 Å². The number of rotatable bonds is 5. The van der Waals surface area contributed by atoms with Crippen LogP contribution in [-0.4, -0.2) is 47.6 Å². The molecule has 3 rings (SSSR count). The number of hydrogen-bond donors (Lipinski definition) is 2. The van der Waals surface area contributed by atoms with Gasteiger partial charge in [-0.2, -0.15) is 5.26 Å². The topological polar surface area (TPSA) is 88.1 Å². The van der Waals surface area contributed by atoms with E-state index in [-0.39, 0.29) is 11.8 Å². The summed E-state index contributed by atoms with van der Waals surface area (Å²) in [6.07, 6.45) is 5.89. The lowest BCUT2D eigenvalue weighted by atomic mass is 9.98. The largest absolute Gasteiger partial charge is 0.355 e. The molecule has 1 aliphatic heterocycles. The van der Waals surface area contributed by atoms with Crippen molar-refractivity contribution in [3.05, 3.63) is 24.5 Å². The standard InChI is InChI=1S/C17H22N6O/c1-22(15-6-10-20-16-14(15)5-9-19-16)23-11-2-4-13(12-23)17(24)21-8-3-7-18/h5-6,9-10,13H,2-4,8,11-12H2,1H3,(H,19,20)(H,21,24). The van der Waals surface area contributed by atoms with E-state index in [0.29, 0.717) is 19.5 Å². The normalized spacial score (nSPS) is 18.2. The van der Waals surface area contributed by atoms with Gasteiger partial charge in [-0.05, 0) is 25.0 Å². The van der Waals surface area contributed by atoms with Crippen molar-refractivity contribution >= 4 is 22.6 Å². The van der Waals surface area contributed by atoms with Crippen LogP contribution < -0.4 is 10.3 Å². The van der Waals surface area contributed by atoms with E-state index >= 15 is 0 Å². The van der Waals surface area contributed by atoms with E-state index < -0.39 is 0 Å². The van der Waals surface area contributed by atoms with Crippen LogP contribution >= 0.6 is 0 Å². The van der Waals surface area contributed by atoms with Crippen LogP contribution in [0, 0.1) is 17.2 Å². The molecule has 2 N–H and O–H groups in total. The lowest BCUT2D eigenvalue weighted by Crippen LogP contribution is -2.49. The van der Waals surface area contributed by atoms with E-state index in [4.69, 9.17) is 5.26 Å². The van der Waals surface area contributed by atoms with Crippen LogP contribution in [-0.2, 0) is 4.79 Å². The third-order valence-corrected chi connectivity index (χ3v) is 4.52. The lowest BCUT2D eigenvalue weighted by molar-refractivity contribution is -0.126. The van der Waals surface area contributed by atoms with Gasteiger partial charge in [0.25, 0.3) is 0 Å². The fraction of sp³-hybridized carbons (Fsp3) is 0.471. The van der Waals surface area contributed by atoms with Crippen LogP contribution in [0.15, 0.2) is 24.5 Å². The molecule has 2 aromatic rings. The fourth-order valence-electron chi connectivity index (χ4n) is 3.21. The Morgan fingerprint density at radius 2 is 2.46 bits per heavy atom.